The monoisotopic (exact) mass is 346 g/mol. The summed E-state index contributed by atoms with van der Waals surface area (Å²) in [6.07, 6.45) is 2.13. The third-order valence-corrected chi connectivity index (χ3v) is 4.22. The Kier molecular flexibility index (Phi) is 5.64. The third-order valence-electron chi connectivity index (χ3n) is 4.22. The molecule has 4 heteroatoms. The van der Waals surface area contributed by atoms with Gasteiger partial charge in [-0.05, 0) is 48.4 Å². The minimum absolute atomic E-state index is 0.00149. The number of nitrogens with one attached hydrogen (secondary N) is 1. The lowest BCUT2D eigenvalue weighted by atomic mass is 10.1. The summed E-state index contributed by atoms with van der Waals surface area (Å²) in [4.78, 5) is 16.7. The van der Waals surface area contributed by atoms with E-state index in [-0.39, 0.29) is 5.91 Å². The van der Waals surface area contributed by atoms with Crippen LogP contribution in [0.25, 0.3) is 11.3 Å². The summed E-state index contributed by atoms with van der Waals surface area (Å²) in [5.41, 5.74) is 5.04. The molecule has 0 radical (unpaired) electrons. The number of pyridine rings is 1. The lowest BCUT2D eigenvalue weighted by molar-refractivity contribution is -0.120. The number of nitrogens with zero attached hydrogens (tertiary/aromatic N) is 1. The van der Waals surface area contributed by atoms with Crippen molar-refractivity contribution in [2.45, 2.75) is 19.9 Å². The number of rotatable bonds is 6. The highest BCUT2D eigenvalue weighted by atomic mass is 16.5. The van der Waals surface area contributed by atoms with Crippen LogP contribution in [0.3, 0.4) is 0 Å². The third kappa shape index (κ3) is 4.48. The molecule has 26 heavy (non-hydrogen) atoms. The van der Waals surface area contributed by atoms with Gasteiger partial charge in [0.05, 0.1) is 19.2 Å². The van der Waals surface area contributed by atoms with Crippen molar-refractivity contribution in [2.24, 2.45) is 0 Å². The minimum atomic E-state index is -0.00149. The van der Waals surface area contributed by atoms with Crippen LogP contribution in [0.2, 0.25) is 0 Å². The molecular formula is C22H22N2O2. The standard InChI is InChI=1S/C22H22N2O2/c1-16-5-7-17(8-6-16)14-21(25)24-15-19-4-3-13-23-22(19)18-9-11-20(26-2)12-10-18/h3-13H,14-15H2,1-2H3,(H,24,25). The number of carbonyl (C=O) groups is 1. The second kappa shape index (κ2) is 8.30. The van der Waals surface area contributed by atoms with E-state index >= 15 is 0 Å². The Labute approximate surface area is 153 Å². The van der Waals surface area contributed by atoms with Gasteiger partial charge in [-0.25, -0.2) is 0 Å². The number of hydrogen-bond donors (Lipinski definition) is 1. The van der Waals surface area contributed by atoms with Gasteiger partial charge in [0.2, 0.25) is 5.91 Å². The molecule has 0 aliphatic heterocycles. The Morgan fingerprint density at radius 1 is 1.04 bits per heavy atom. The zero-order valence-electron chi connectivity index (χ0n) is 15.0. The quantitative estimate of drug-likeness (QED) is 0.736. The number of aryl methyl sites for hydroxylation is 1. The highest BCUT2D eigenvalue weighted by molar-refractivity contribution is 5.78. The number of ether oxygens (including phenoxy) is 1. The smallest absolute Gasteiger partial charge is 0.224 e. The molecule has 3 aromatic rings. The number of aromatic nitrogens is 1. The van der Waals surface area contributed by atoms with Crippen molar-refractivity contribution >= 4 is 5.91 Å². The van der Waals surface area contributed by atoms with E-state index in [4.69, 9.17) is 4.74 Å². The lowest BCUT2D eigenvalue weighted by Gasteiger charge is -2.11. The molecule has 1 aromatic heterocycles. The Morgan fingerprint density at radius 3 is 2.46 bits per heavy atom. The van der Waals surface area contributed by atoms with E-state index in [9.17, 15) is 4.79 Å². The Bertz CT molecular complexity index is 871. The van der Waals surface area contributed by atoms with Gasteiger partial charge in [-0.1, -0.05) is 35.9 Å². The first kappa shape index (κ1) is 17.7. The highest BCUT2D eigenvalue weighted by Gasteiger charge is 2.09. The van der Waals surface area contributed by atoms with Crippen LogP contribution in [0.5, 0.6) is 5.75 Å². The van der Waals surface area contributed by atoms with Gasteiger partial charge in [0.25, 0.3) is 0 Å². The van der Waals surface area contributed by atoms with Crippen molar-refractivity contribution in [3.05, 3.63) is 83.6 Å². The van der Waals surface area contributed by atoms with Gasteiger partial charge < -0.3 is 10.1 Å². The predicted octanol–water partition coefficient (Wildman–Crippen LogP) is 3.92. The molecule has 0 aliphatic carbocycles. The van der Waals surface area contributed by atoms with Crippen LogP contribution in [-0.2, 0) is 17.8 Å². The topological polar surface area (TPSA) is 51.2 Å². The van der Waals surface area contributed by atoms with Crippen molar-refractivity contribution in [1.29, 1.82) is 0 Å². The summed E-state index contributed by atoms with van der Waals surface area (Å²) >= 11 is 0. The van der Waals surface area contributed by atoms with Crippen molar-refractivity contribution < 1.29 is 9.53 Å². The van der Waals surface area contributed by atoms with E-state index in [1.807, 2.05) is 67.6 Å². The molecule has 0 spiro atoms. The Balaban J connectivity index is 1.68. The highest BCUT2D eigenvalue weighted by Crippen LogP contribution is 2.23. The van der Waals surface area contributed by atoms with Crippen molar-refractivity contribution in [1.82, 2.24) is 10.3 Å². The summed E-state index contributed by atoms with van der Waals surface area (Å²) in [5.74, 6) is 0.802. The molecule has 2 aromatic carbocycles. The average Bonchev–Trinajstić information content (AvgIpc) is 2.68. The zero-order chi connectivity index (χ0) is 18.4. The molecule has 0 saturated carbocycles. The molecule has 1 heterocycles. The fourth-order valence-corrected chi connectivity index (χ4v) is 2.74. The number of benzene rings is 2. The van der Waals surface area contributed by atoms with E-state index in [1.165, 1.54) is 5.56 Å². The SMILES string of the molecule is COc1ccc(-c2ncccc2CNC(=O)Cc2ccc(C)cc2)cc1. The molecule has 0 fully saturated rings. The normalized spacial score (nSPS) is 10.4. The molecule has 0 unspecified atom stereocenters. The molecule has 1 N–H and O–H groups in total. The molecule has 0 bridgehead atoms. The molecule has 0 aliphatic rings. The summed E-state index contributed by atoms with van der Waals surface area (Å²) in [6, 6.07) is 19.6. The van der Waals surface area contributed by atoms with Crippen LogP contribution < -0.4 is 10.1 Å². The summed E-state index contributed by atoms with van der Waals surface area (Å²) < 4.78 is 5.20. The van der Waals surface area contributed by atoms with E-state index in [0.29, 0.717) is 13.0 Å². The van der Waals surface area contributed by atoms with Crippen LogP contribution in [0.15, 0.2) is 66.9 Å². The van der Waals surface area contributed by atoms with Crippen molar-refractivity contribution in [2.75, 3.05) is 7.11 Å². The lowest BCUT2D eigenvalue weighted by Crippen LogP contribution is -2.25. The van der Waals surface area contributed by atoms with Crippen LogP contribution in [0, 0.1) is 6.92 Å². The molecule has 132 valence electrons. The maximum absolute atomic E-state index is 12.3. The van der Waals surface area contributed by atoms with Crippen LogP contribution in [-0.4, -0.2) is 18.0 Å². The van der Waals surface area contributed by atoms with Crippen LogP contribution >= 0.6 is 0 Å². The van der Waals surface area contributed by atoms with E-state index in [1.54, 1.807) is 13.3 Å². The van der Waals surface area contributed by atoms with Crippen molar-refractivity contribution in [3.63, 3.8) is 0 Å². The molecule has 3 rings (SSSR count). The van der Waals surface area contributed by atoms with E-state index in [2.05, 4.69) is 10.3 Å². The number of carbonyl (C=O) groups excluding carboxylic acids is 1. The first-order valence-electron chi connectivity index (χ1n) is 8.56. The predicted molar refractivity (Wildman–Crippen MR) is 103 cm³/mol. The largest absolute Gasteiger partial charge is 0.497 e. The Hall–Kier alpha value is -3.14. The zero-order valence-corrected chi connectivity index (χ0v) is 15.0. The summed E-state index contributed by atoms with van der Waals surface area (Å²) in [7, 11) is 1.64. The van der Waals surface area contributed by atoms with Gasteiger partial charge in [0.15, 0.2) is 0 Å². The van der Waals surface area contributed by atoms with Crippen LogP contribution in [0.4, 0.5) is 0 Å². The van der Waals surface area contributed by atoms with E-state index in [0.717, 1.165) is 28.1 Å². The van der Waals surface area contributed by atoms with E-state index < -0.39 is 0 Å². The van der Waals surface area contributed by atoms with Gasteiger partial charge in [0, 0.05) is 18.3 Å². The number of methoxy groups -OCH3 is 1. The molecule has 4 nitrogen and oxygen atoms in total. The maximum Gasteiger partial charge on any atom is 0.224 e. The summed E-state index contributed by atoms with van der Waals surface area (Å²) in [6.45, 7) is 2.48. The fraction of sp³-hybridized carbons (Fsp3) is 0.182. The second-order valence-corrected chi connectivity index (χ2v) is 6.18. The average molecular weight is 346 g/mol. The van der Waals surface area contributed by atoms with Gasteiger partial charge in [-0.2, -0.15) is 0 Å². The molecular weight excluding hydrogens is 324 g/mol. The maximum atomic E-state index is 12.3. The van der Waals surface area contributed by atoms with Crippen molar-refractivity contribution in [3.8, 4) is 17.0 Å². The first-order valence-corrected chi connectivity index (χ1v) is 8.56. The molecule has 0 saturated heterocycles. The number of amides is 1. The van der Waals surface area contributed by atoms with Crippen LogP contribution in [0.1, 0.15) is 16.7 Å². The van der Waals surface area contributed by atoms with Gasteiger partial charge >= 0.3 is 0 Å². The minimum Gasteiger partial charge on any atom is -0.497 e. The summed E-state index contributed by atoms with van der Waals surface area (Å²) in [5, 5.41) is 2.99. The fourth-order valence-electron chi connectivity index (χ4n) is 2.74. The Morgan fingerprint density at radius 2 is 1.77 bits per heavy atom. The first-order chi connectivity index (χ1) is 12.7. The number of hydrogen-bond acceptors (Lipinski definition) is 3. The van der Waals surface area contributed by atoms with Gasteiger partial charge in [-0.15, -0.1) is 0 Å². The van der Waals surface area contributed by atoms with Gasteiger partial charge in [-0.3, -0.25) is 9.78 Å². The molecule has 1 amide bonds. The molecule has 0 atom stereocenters. The second-order valence-electron chi connectivity index (χ2n) is 6.18. The van der Waals surface area contributed by atoms with Gasteiger partial charge in [0.1, 0.15) is 5.75 Å².